The van der Waals surface area contributed by atoms with Gasteiger partial charge in [0.2, 0.25) is 11.7 Å². The molecule has 1 heterocycles. The van der Waals surface area contributed by atoms with Crippen molar-refractivity contribution in [1.29, 1.82) is 0 Å². The number of aliphatic hydroxyl groups excluding tert-OH is 1. The average Bonchev–Trinajstić information content (AvgIpc) is 2.74. The normalized spacial score (nSPS) is 12.4. The third kappa shape index (κ3) is 3.56. The van der Waals surface area contributed by atoms with Gasteiger partial charge in [-0.2, -0.15) is 4.98 Å². The fourth-order valence-corrected chi connectivity index (χ4v) is 1.61. The van der Waals surface area contributed by atoms with Gasteiger partial charge in [0, 0.05) is 6.92 Å². The Morgan fingerprint density at radius 1 is 1.33 bits per heavy atom. The first kappa shape index (κ1) is 12.6. The lowest BCUT2D eigenvalue weighted by atomic mass is 10.1. The topological polar surface area (TPSA) is 68.4 Å². The summed E-state index contributed by atoms with van der Waals surface area (Å²) in [7, 11) is 0. The standard InChI is InChI=1S/C13H16N2O3/c1-9(16)7-11-3-5-12(6-4-11)17-8-13-14-10(2)18-15-13/h3-6,9,16H,7-8H2,1-2H3. The quantitative estimate of drug-likeness (QED) is 0.875. The molecule has 5 nitrogen and oxygen atoms in total. The number of ether oxygens (including phenoxy) is 1. The van der Waals surface area contributed by atoms with E-state index in [1.165, 1.54) is 0 Å². The minimum atomic E-state index is -0.334. The first-order valence-electron chi connectivity index (χ1n) is 5.82. The van der Waals surface area contributed by atoms with Crippen molar-refractivity contribution in [2.45, 2.75) is 33.0 Å². The Labute approximate surface area is 105 Å². The van der Waals surface area contributed by atoms with Gasteiger partial charge in [0.25, 0.3) is 0 Å². The number of nitrogens with zero attached hydrogens (tertiary/aromatic N) is 2. The van der Waals surface area contributed by atoms with Crippen LogP contribution in [0.5, 0.6) is 5.75 Å². The molecule has 0 amide bonds. The van der Waals surface area contributed by atoms with Crippen LogP contribution in [-0.2, 0) is 13.0 Å². The zero-order chi connectivity index (χ0) is 13.0. The van der Waals surface area contributed by atoms with Crippen molar-refractivity contribution in [1.82, 2.24) is 10.1 Å². The molecule has 0 aliphatic carbocycles. The summed E-state index contributed by atoms with van der Waals surface area (Å²) in [4.78, 5) is 4.05. The van der Waals surface area contributed by atoms with Crippen LogP contribution in [-0.4, -0.2) is 21.4 Å². The molecule has 1 aromatic carbocycles. The zero-order valence-corrected chi connectivity index (χ0v) is 10.5. The lowest BCUT2D eigenvalue weighted by molar-refractivity contribution is 0.195. The van der Waals surface area contributed by atoms with E-state index in [0.717, 1.165) is 11.3 Å². The molecule has 0 aliphatic heterocycles. The van der Waals surface area contributed by atoms with Crippen LogP contribution in [0.3, 0.4) is 0 Å². The molecular weight excluding hydrogens is 232 g/mol. The SMILES string of the molecule is Cc1nc(COc2ccc(CC(C)O)cc2)no1. The van der Waals surface area contributed by atoms with Crippen molar-refractivity contribution in [2.75, 3.05) is 0 Å². The van der Waals surface area contributed by atoms with E-state index < -0.39 is 0 Å². The van der Waals surface area contributed by atoms with Crippen molar-refractivity contribution in [3.05, 3.63) is 41.5 Å². The van der Waals surface area contributed by atoms with Gasteiger partial charge < -0.3 is 14.4 Å². The van der Waals surface area contributed by atoms with Crippen molar-refractivity contribution < 1.29 is 14.4 Å². The van der Waals surface area contributed by atoms with Crippen LogP contribution in [0, 0.1) is 6.92 Å². The minimum absolute atomic E-state index is 0.285. The van der Waals surface area contributed by atoms with E-state index in [4.69, 9.17) is 9.26 Å². The summed E-state index contributed by atoms with van der Waals surface area (Å²) in [5, 5.41) is 13.0. The number of hydrogen-bond acceptors (Lipinski definition) is 5. The molecule has 18 heavy (non-hydrogen) atoms. The van der Waals surface area contributed by atoms with Gasteiger partial charge in [-0.15, -0.1) is 0 Å². The van der Waals surface area contributed by atoms with E-state index in [2.05, 4.69) is 10.1 Å². The molecular formula is C13H16N2O3. The lowest BCUT2D eigenvalue weighted by Gasteiger charge is -2.06. The summed E-state index contributed by atoms with van der Waals surface area (Å²) >= 11 is 0. The first-order chi connectivity index (χ1) is 8.63. The minimum Gasteiger partial charge on any atom is -0.485 e. The predicted molar refractivity (Wildman–Crippen MR) is 65.2 cm³/mol. The summed E-state index contributed by atoms with van der Waals surface area (Å²) in [6.07, 6.45) is 0.309. The molecule has 0 saturated heterocycles. The largest absolute Gasteiger partial charge is 0.485 e. The number of rotatable bonds is 5. The molecule has 1 aromatic heterocycles. The van der Waals surface area contributed by atoms with Gasteiger partial charge >= 0.3 is 0 Å². The summed E-state index contributed by atoms with van der Waals surface area (Å²) in [6, 6.07) is 7.60. The Kier molecular flexibility index (Phi) is 3.94. The summed E-state index contributed by atoms with van der Waals surface area (Å²) in [6.45, 7) is 3.79. The van der Waals surface area contributed by atoms with E-state index in [0.29, 0.717) is 18.1 Å². The highest BCUT2D eigenvalue weighted by molar-refractivity contribution is 5.27. The highest BCUT2D eigenvalue weighted by atomic mass is 16.5. The number of benzene rings is 1. The molecule has 0 bridgehead atoms. The second kappa shape index (κ2) is 5.64. The maximum atomic E-state index is 9.27. The molecule has 5 heteroatoms. The molecule has 0 fully saturated rings. The molecule has 1 unspecified atom stereocenters. The van der Waals surface area contributed by atoms with Crippen LogP contribution in [0.1, 0.15) is 24.2 Å². The fraction of sp³-hybridized carbons (Fsp3) is 0.385. The smallest absolute Gasteiger partial charge is 0.223 e. The van der Waals surface area contributed by atoms with E-state index >= 15 is 0 Å². The molecule has 0 radical (unpaired) electrons. The van der Waals surface area contributed by atoms with E-state index in [1.54, 1.807) is 13.8 Å². The van der Waals surface area contributed by atoms with E-state index in [-0.39, 0.29) is 12.7 Å². The highest BCUT2D eigenvalue weighted by Gasteiger charge is 2.04. The molecule has 1 N–H and O–H groups in total. The summed E-state index contributed by atoms with van der Waals surface area (Å²) in [5.41, 5.74) is 1.08. The predicted octanol–water partition coefficient (Wildman–Crippen LogP) is 1.88. The van der Waals surface area contributed by atoms with Gasteiger partial charge in [-0.25, -0.2) is 0 Å². The molecule has 0 saturated carbocycles. The van der Waals surface area contributed by atoms with Gasteiger partial charge in [-0.05, 0) is 31.0 Å². The highest BCUT2D eigenvalue weighted by Crippen LogP contribution is 2.14. The summed E-state index contributed by atoms with van der Waals surface area (Å²) in [5.74, 6) is 1.80. The zero-order valence-electron chi connectivity index (χ0n) is 10.5. The van der Waals surface area contributed by atoms with Crippen LogP contribution < -0.4 is 4.74 Å². The monoisotopic (exact) mass is 248 g/mol. The molecule has 96 valence electrons. The third-order valence-corrected chi connectivity index (χ3v) is 2.39. The van der Waals surface area contributed by atoms with Crippen molar-refractivity contribution in [2.24, 2.45) is 0 Å². The Hall–Kier alpha value is -1.88. The maximum Gasteiger partial charge on any atom is 0.223 e. The van der Waals surface area contributed by atoms with Crippen LogP contribution in [0.4, 0.5) is 0 Å². The Bertz CT molecular complexity index is 491. The average molecular weight is 248 g/mol. The number of hydrogen-bond donors (Lipinski definition) is 1. The third-order valence-electron chi connectivity index (χ3n) is 2.39. The number of aryl methyl sites for hydroxylation is 1. The van der Waals surface area contributed by atoms with Crippen LogP contribution in [0.15, 0.2) is 28.8 Å². The van der Waals surface area contributed by atoms with Gasteiger partial charge in [-0.3, -0.25) is 0 Å². The maximum absolute atomic E-state index is 9.27. The molecule has 2 aromatic rings. The fourth-order valence-electron chi connectivity index (χ4n) is 1.61. The van der Waals surface area contributed by atoms with Gasteiger partial charge in [0.1, 0.15) is 5.75 Å². The molecule has 2 rings (SSSR count). The van der Waals surface area contributed by atoms with Crippen molar-refractivity contribution in [3.63, 3.8) is 0 Å². The van der Waals surface area contributed by atoms with Crippen LogP contribution in [0.2, 0.25) is 0 Å². The Morgan fingerprint density at radius 2 is 2.06 bits per heavy atom. The van der Waals surface area contributed by atoms with Gasteiger partial charge in [0.15, 0.2) is 6.61 Å². The van der Waals surface area contributed by atoms with Crippen molar-refractivity contribution >= 4 is 0 Å². The molecule has 0 spiro atoms. The number of aliphatic hydroxyl groups is 1. The van der Waals surface area contributed by atoms with Crippen molar-refractivity contribution in [3.8, 4) is 5.75 Å². The number of aromatic nitrogens is 2. The van der Waals surface area contributed by atoms with E-state index in [9.17, 15) is 5.11 Å². The second-order valence-electron chi connectivity index (χ2n) is 4.22. The Morgan fingerprint density at radius 3 is 2.61 bits per heavy atom. The van der Waals surface area contributed by atoms with E-state index in [1.807, 2.05) is 24.3 Å². The lowest BCUT2D eigenvalue weighted by Crippen LogP contribution is -2.04. The second-order valence-corrected chi connectivity index (χ2v) is 4.22. The van der Waals surface area contributed by atoms with Gasteiger partial charge in [0.05, 0.1) is 6.10 Å². The van der Waals surface area contributed by atoms with Crippen LogP contribution >= 0.6 is 0 Å². The molecule has 0 aliphatic rings. The molecule has 1 atom stereocenters. The first-order valence-corrected chi connectivity index (χ1v) is 5.82. The Balaban J connectivity index is 1.90. The van der Waals surface area contributed by atoms with Crippen LogP contribution in [0.25, 0.3) is 0 Å². The summed E-state index contributed by atoms with van der Waals surface area (Å²) < 4.78 is 10.4. The van der Waals surface area contributed by atoms with Gasteiger partial charge in [-0.1, -0.05) is 17.3 Å².